The van der Waals surface area contributed by atoms with Gasteiger partial charge in [0.05, 0.1) is 12.2 Å². The molecule has 5 heteroatoms. The van der Waals surface area contributed by atoms with Crippen molar-refractivity contribution in [2.45, 2.75) is 13.5 Å². The predicted molar refractivity (Wildman–Crippen MR) is 68.2 cm³/mol. The highest BCUT2D eigenvalue weighted by molar-refractivity contribution is 6.30. The fraction of sp³-hybridized carbons (Fsp3) is 0.167. The summed E-state index contributed by atoms with van der Waals surface area (Å²) in [6, 6.07) is 8.35. The monoisotopic (exact) mass is 249 g/mol. The lowest BCUT2D eigenvalue weighted by atomic mass is 10.2. The van der Waals surface area contributed by atoms with Crippen molar-refractivity contribution in [1.82, 2.24) is 9.78 Å². The molecule has 0 aliphatic heterocycles. The zero-order chi connectivity index (χ0) is 12.4. The molecule has 1 aromatic heterocycles. The standard InChI is InChI=1S/C12H12ClN3O/c1-8-2-5-12(17)16(15-8)7-9-6-10(13)3-4-11(9)14/h2-6H,7,14H2,1H3. The summed E-state index contributed by atoms with van der Waals surface area (Å²) in [5, 5.41) is 4.74. The first-order valence-electron chi connectivity index (χ1n) is 5.15. The molecule has 4 nitrogen and oxygen atoms in total. The SMILES string of the molecule is Cc1ccc(=O)n(Cc2cc(Cl)ccc2N)n1. The lowest BCUT2D eigenvalue weighted by Crippen LogP contribution is -2.23. The van der Waals surface area contributed by atoms with Crippen LogP contribution in [0.2, 0.25) is 5.02 Å². The van der Waals surface area contributed by atoms with Crippen molar-refractivity contribution >= 4 is 17.3 Å². The van der Waals surface area contributed by atoms with Gasteiger partial charge in [-0.05, 0) is 36.8 Å². The van der Waals surface area contributed by atoms with Crippen LogP contribution in [0.25, 0.3) is 0 Å². The summed E-state index contributed by atoms with van der Waals surface area (Å²) < 4.78 is 1.37. The molecule has 88 valence electrons. The van der Waals surface area contributed by atoms with E-state index in [-0.39, 0.29) is 5.56 Å². The van der Waals surface area contributed by atoms with Gasteiger partial charge in [-0.3, -0.25) is 4.79 Å². The summed E-state index contributed by atoms with van der Waals surface area (Å²) in [7, 11) is 0. The van der Waals surface area contributed by atoms with E-state index >= 15 is 0 Å². The third-order valence-electron chi connectivity index (χ3n) is 2.43. The molecule has 0 unspecified atom stereocenters. The summed E-state index contributed by atoms with van der Waals surface area (Å²) >= 11 is 5.89. The average Bonchev–Trinajstić information content (AvgIpc) is 2.28. The molecule has 0 fully saturated rings. The molecule has 0 radical (unpaired) electrons. The van der Waals surface area contributed by atoms with Gasteiger partial charge in [0.2, 0.25) is 0 Å². The molecule has 2 rings (SSSR count). The van der Waals surface area contributed by atoms with Gasteiger partial charge in [0.15, 0.2) is 0 Å². The predicted octanol–water partition coefficient (Wildman–Crippen LogP) is 1.84. The Kier molecular flexibility index (Phi) is 3.15. The molecule has 0 bridgehead atoms. The number of anilines is 1. The van der Waals surface area contributed by atoms with Crippen LogP contribution in [0.3, 0.4) is 0 Å². The second-order valence-corrected chi connectivity index (χ2v) is 4.25. The normalized spacial score (nSPS) is 10.5. The molecule has 0 atom stereocenters. The van der Waals surface area contributed by atoms with E-state index < -0.39 is 0 Å². The van der Waals surface area contributed by atoms with Crippen molar-refractivity contribution in [1.29, 1.82) is 0 Å². The Morgan fingerprint density at radius 3 is 2.88 bits per heavy atom. The van der Waals surface area contributed by atoms with E-state index in [0.717, 1.165) is 11.3 Å². The molecular weight excluding hydrogens is 238 g/mol. The van der Waals surface area contributed by atoms with Crippen LogP contribution in [0.1, 0.15) is 11.3 Å². The Labute approximate surface area is 104 Å². The molecule has 0 aliphatic rings. The van der Waals surface area contributed by atoms with Crippen molar-refractivity contribution in [3.05, 3.63) is 57.0 Å². The fourth-order valence-electron chi connectivity index (χ4n) is 1.54. The van der Waals surface area contributed by atoms with Gasteiger partial charge in [-0.1, -0.05) is 11.6 Å². The summed E-state index contributed by atoms with van der Waals surface area (Å²) in [6.07, 6.45) is 0. The summed E-state index contributed by atoms with van der Waals surface area (Å²) in [6.45, 7) is 2.16. The maximum absolute atomic E-state index is 11.6. The van der Waals surface area contributed by atoms with E-state index in [0.29, 0.717) is 17.3 Å². The van der Waals surface area contributed by atoms with Crippen LogP contribution < -0.4 is 11.3 Å². The Bertz CT molecular complexity index is 607. The minimum Gasteiger partial charge on any atom is -0.398 e. The first kappa shape index (κ1) is 11.7. The first-order valence-corrected chi connectivity index (χ1v) is 5.53. The quantitative estimate of drug-likeness (QED) is 0.826. The van der Waals surface area contributed by atoms with Gasteiger partial charge in [-0.15, -0.1) is 0 Å². The number of aryl methyl sites for hydroxylation is 1. The third kappa shape index (κ3) is 2.65. The Hall–Kier alpha value is -1.81. The van der Waals surface area contributed by atoms with Crippen LogP contribution in [0.5, 0.6) is 0 Å². The molecule has 0 spiro atoms. The molecule has 0 saturated carbocycles. The van der Waals surface area contributed by atoms with Gasteiger partial charge >= 0.3 is 0 Å². The molecule has 1 heterocycles. The van der Waals surface area contributed by atoms with Gasteiger partial charge in [0, 0.05) is 16.8 Å². The van der Waals surface area contributed by atoms with Gasteiger partial charge in [0.1, 0.15) is 0 Å². The summed E-state index contributed by atoms with van der Waals surface area (Å²) in [5.41, 5.74) is 7.84. The number of nitrogens with zero attached hydrogens (tertiary/aromatic N) is 2. The van der Waals surface area contributed by atoms with Crippen molar-refractivity contribution in [2.24, 2.45) is 0 Å². The zero-order valence-corrected chi connectivity index (χ0v) is 10.1. The highest BCUT2D eigenvalue weighted by atomic mass is 35.5. The van der Waals surface area contributed by atoms with Gasteiger partial charge < -0.3 is 5.73 Å². The molecule has 17 heavy (non-hydrogen) atoms. The molecule has 0 amide bonds. The second kappa shape index (κ2) is 4.59. The number of hydrogen-bond donors (Lipinski definition) is 1. The van der Waals surface area contributed by atoms with Gasteiger partial charge in [0.25, 0.3) is 5.56 Å². The van der Waals surface area contributed by atoms with E-state index in [4.69, 9.17) is 17.3 Å². The van der Waals surface area contributed by atoms with Crippen LogP contribution in [-0.4, -0.2) is 9.78 Å². The Morgan fingerprint density at radius 2 is 2.12 bits per heavy atom. The van der Waals surface area contributed by atoms with Crippen LogP contribution in [0.15, 0.2) is 35.1 Å². The topological polar surface area (TPSA) is 60.9 Å². The minimum atomic E-state index is -0.157. The first-order chi connectivity index (χ1) is 8.06. The molecule has 2 N–H and O–H groups in total. The maximum Gasteiger partial charge on any atom is 0.267 e. The van der Waals surface area contributed by atoms with E-state index in [1.165, 1.54) is 10.7 Å². The number of hydrogen-bond acceptors (Lipinski definition) is 3. The average molecular weight is 250 g/mol. The van der Waals surface area contributed by atoms with Gasteiger partial charge in [-0.2, -0.15) is 5.10 Å². The van der Waals surface area contributed by atoms with Crippen LogP contribution in [0, 0.1) is 6.92 Å². The van der Waals surface area contributed by atoms with Crippen molar-refractivity contribution in [3.63, 3.8) is 0 Å². The molecule has 0 aliphatic carbocycles. The Balaban J connectivity index is 2.41. The number of nitrogen functional groups attached to an aromatic ring is 1. The second-order valence-electron chi connectivity index (χ2n) is 3.81. The molecular formula is C12H12ClN3O. The molecule has 1 aromatic carbocycles. The summed E-state index contributed by atoms with van der Waals surface area (Å²) in [5.74, 6) is 0. The molecule has 0 saturated heterocycles. The lowest BCUT2D eigenvalue weighted by molar-refractivity contribution is 0.629. The number of rotatable bonds is 2. The smallest absolute Gasteiger partial charge is 0.267 e. The zero-order valence-electron chi connectivity index (χ0n) is 9.35. The molecule has 2 aromatic rings. The largest absolute Gasteiger partial charge is 0.398 e. The summed E-state index contributed by atoms with van der Waals surface area (Å²) in [4.78, 5) is 11.6. The van der Waals surface area contributed by atoms with E-state index in [9.17, 15) is 4.79 Å². The van der Waals surface area contributed by atoms with E-state index in [1.54, 1.807) is 24.3 Å². The van der Waals surface area contributed by atoms with Crippen molar-refractivity contribution in [2.75, 3.05) is 5.73 Å². The van der Waals surface area contributed by atoms with Crippen LogP contribution >= 0.6 is 11.6 Å². The maximum atomic E-state index is 11.6. The van der Waals surface area contributed by atoms with Gasteiger partial charge in [-0.25, -0.2) is 4.68 Å². The van der Waals surface area contributed by atoms with E-state index in [1.807, 2.05) is 6.92 Å². The van der Waals surface area contributed by atoms with Crippen LogP contribution in [0.4, 0.5) is 5.69 Å². The Morgan fingerprint density at radius 1 is 1.35 bits per heavy atom. The fourth-order valence-corrected chi connectivity index (χ4v) is 1.73. The minimum absolute atomic E-state index is 0.157. The van der Waals surface area contributed by atoms with Crippen molar-refractivity contribution in [3.8, 4) is 0 Å². The van der Waals surface area contributed by atoms with Crippen molar-refractivity contribution < 1.29 is 0 Å². The lowest BCUT2D eigenvalue weighted by Gasteiger charge is -2.08. The van der Waals surface area contributed by atoms with E-state index in [2.05, 4.69) is 5.10 Å². The number of halogens is 1. The highest BCUT2D eigenvalue weighted by Gasteiger charge is 2.04. The number of nitrogens with two attached hydrogens (primary N) is 1. The highest BCUT2D eigenvalue weighted by Crippen LogP contribution is 2.18. The van der Waals surface area contributed by atoms with Crippen LogP contribution in [-0.2, 0) is 6.54 Å². The number of benzene rings is 1. The third-order valence-corrected chi connectivity index (χ3v) is 2.66. The number of aromatic nitrogens is 2.